The van der Waals surface area contributed by atoms with Crippen LogP contribution >= 0.6 is 0 Å². The number of aromatic nitrogens is 2. The van der Waals surface area contributed by atoms with Crippen LogP contribution in [0, 0.1) is 0 Å². The summed E-state index contributed by atoms with van der Waals surface area (Å²) in [5.74, 6) is 0.674. The van der Waals surface area contributed by atoms with Crippen molar-refractivity contribution in [3.05, 3.63) is 12.0 Å². The molecule has 0 fully saturated rings. The summed E-state index contributed by atoms with van der Waals surface area (Å²) < 4.78 is 36.0. The van der Waals surface area contributed by atoms with Gasteiger partial charge in [-0.15, -0.1) is 0 Å². The van der Waals surface area contributed by atoms with E-state index in [1.165, 1.54) is 6.20 Å². The van der Waals surface area contributed by atoms with Crippen LogP contribution in [0.1, 0.15) is 32.0 Å². The molecule has 0 spiro atoms. The second-order valence-corrected chi connectivity index (χ2v) is 5.38. The molecule has 92 valence electrons. The lowest BCUT2D eigenvalue weighted by atomic mass is 10.2. The molecule has 1 heterocycles. The first kappa shape index (κ1) is 13.1. The second kappa shape index (κ2) is 4.92. The lowest BCUT2D eigenvalue weighted by molar-refractivity contribution is 0.440. The van der Waals surface area contributed by atoms with Crippen molar-refractivity contribution >= 4 is 10.0 Å². The molecule has 1 rings (SSSR count). The highest BCUT2D eigenvalue weighted by molar-refractivity contribution is 7.89. The minimum atomic E-state index is -3.79. The monoisotopic (exact) mass is 249 g/mol. The predicted octanol–water partition coefficient (Wildman–Crippen LogP) is 1.01. The number of nitrogens with two attached hydrogens (primary N) is 1. The van der Waals surface area contributed by atoms with Crippen LogP contribution in [0.3, 0.4) is 0 Å². The van der Waals surface area contributed by atoms with Gasteiger partial charge in [0.15, 0.2) is 5.03 Å². The van der Waals surface area contributed by atoms with Crippen molar-refractivity contribution in [3.63, 3.8) is 0 Å². The zero-order valence-corrected chi connectivity index (χ0v) is 10.2. The van der Waals surface area contributed by atoms with E-state index in [9.17, 15) is 12.8 Å². The smallest absolute Gasteiger partial charge is 0.257 e. The van der Waals surface area contributed by atoms with Gasteiger partial charge in [-0.1, -0.05) is 13.8 Å². The van der Waals surface area contributed by atoms with Gasteiger partial charge in [0.25, 0.3) is 10.0 Å². The average Bonchev–Trinajstić information content (AvgIpc) is 2.57. The molecule has 0 saturated carbocycles. The Hall–Kier alpha value is -0.950. The molecule has 0 aliphatic heterocycles. The summed E-state index contributed by atoms with van der Waals surface area (Å²) in [7, 11) is -3.79. The van der Waals surface area contributed by atoms with Gasteiger partial charge >= 0.3 is 0 Å². The number of nitrogens with zero attached hydrogens (tertiary/aromatic N) is 2. The fraction of sp³-hybridized carbons (Fsp3) is 0.667. The van der Waals surface area contributed by atoms with Crippen LogP contribution in [-0.4, -0.2) is 24.6 Å². The van der Waals surface area contributed by atoms with Crippen molar-refractivity contribution in [1.82, 2.24) is 9.55 Å². The summed E-state index contributed by atoms with van der Waals surface area (Å²) in [4.78, 5) is 3.96. The van der Waals surface area contributed by atoms with Crippen LogP contribution in [0.25, 0.3) is 0 Å². The number of aryl methyl sites for hydroxylation is 1. The molecule has 2 N–H and O–H groups in total. The van der Waals surface area contributed by atoms with E-state index in [1.807, 2.05) is 13.8 Å². The van der Waals surface area contributed by atoms with Crippen molar-refractivity contribution in [2.75, 3.05) is 6.67 Å². The van der Waals surface area contributed by atoms with E-state index in [2.05, 4.69) is 4.98 Å². The third kappa shape index (κ3) is 3.02. The molecule has 0 atom stereocenters. The first-order valence-corrected chi connectivity index (χ1v) is 6.56. The molecule has 5 nitrogen and oxygen atoms in total. The minimum Gasteiger partial charge on any atom is -0.333 e. The van der Waals surface area contributed by atoms with Crippen LogP contribution in [0.2, 0.25) is 0 Å². The fourth-order valence-corrected chi connectivity index (χ4v) is 1.91. The first-order valence-electron chi connectivity index (χ1n) is 5.02. The molecule has 0 unspecified atom stereocenters. The first-order chi connectivity index (χ1) is 7.36. The number of alkyl halides is 1. The van der Waals surface area contributed by atoms with Gasteiger partial charge in [-0.3, -0.25) is 4.39 Å². The van der Waals surface area contributed by atoms with E-state index in [4.69, 9.17) is 5.14 Å². The van der Waals surface area contributed by atoms with Gasteiger partial charge in [0, 0.05) is 18.7 Å². The molecule has 0 aliphatic rings. The number of primary sulfonamides is 1. The zero-order chi connectivity index (χ0) is 12.3. The summed E-state index contributed by atoms with van der Waals surface area (Å²) in [5, 5.41) is 4.83. The summed E-state index contributed by atoms with van der Waals surface area (Å²) in [6, 6.07) is 0. The van der Waals surface area contributed by atoms with E-state index < -0.39 is 16.7 Å². The highest BCUT2D eigenvalue weighted by Gasteiger charge is 2.17. The van der Waals surface area contributed by atoms with Gasteiger partial charge in [-0.25, -0.2) is 18.5 Å². The maximum absolute atomic E-state index is 12.1. The number of rotatable bonds is 5. The Morgan fingerprint density at radius 3 is 2.62 bits per heavy atom. The number of sulfonamides is 1. The number of halogens is 1. The van der Waals surface area contributed by atoms with Crippen LogP contribution in [-0.2, 0) is 16.6 Å². The normalized spacial score (nSPS) is 12.3. The summed E-state index contributed by atoms with van der Waals surface area (Å²) in [6.45, 7) is 3.75. The van der Waals surface area contributed by atoms with Crippen LogP contribution < -0.4 is 5.14 Å². The van der Waals surface area contributed by atoms with E-state index in [0.717, 1.165) is 0 Å². The Bertz CT molecular complexity index is 453. The molecule has 1 aromatic heterocycles. The maximum Gasteiger partial charge on any atom is 0.257 e. The molecular weight excluding hydrogens is 233 g/mol. The molecule has 0 aromatic carbocycles. The standard InChI is InChI=1S/C9H16FN3O2S/c1-7(2)9-12-8(16(11,14)15)6-13(9)5-3-4-10/h6-7H,3-5H2,1-2H3,(H2,11,14,15). The Morgan fingerprint density at radius 1 is 1.56 bits per heavy atom. The summed E-state index contributed by atoms with van der Waals surface area (Å²) in [6.07, 6.45) is 1.69. The third-order valence-electron chi connectivity index (χ3n) is 2.13. The lowest BCUT2D eigenvalue weighted by Crippen LogP contribution is -2.12. The Balaban J connectivity index is 3.10. The predicted molar refractivity (Wildman–Crippen MR) is 58.3 cm³/mol. The maximum atomic E-state index is 12.1. The van der Waals surface area contributed by atoms with E-state index in [0.29, 0.717) is 18.8 Å². The van der Waals surface area contributed by atoms with E-state index in [-0.39, 0.29) is 10.9 Å². The highest BCUT2D eigenvalue weighted by atomic mass is 32.2. The Labute approximate surface area is 94.5 Å². The van der Waals surface area contributed by atoms with Gasteiger partial charge in [0.2, 0.25) is 0 Å². The van der Waals surface area contributed by atoms with Gasteiger partial charge in [-0.2, -0.15) is 0 Å². The molecule has 0 aliphatic carbocycles. The van der Waals surface area contributed by atoms with E-state index in [1.54, 1.807) is 4.57 Å². The van der Waals surface area contributed by atoms with Crippen molar-refractivity contribution in [3.8, 4) is 0 Å². The summed E-state index contributed by atoms with van der Waals surface area (Å²) >= 11 is 0. The second-order valence-electron chi connectivity index (χ2n) is 3.87. The van der Waals surface area contributed by atoms with Crippen molar-refractivity contribution in [2.45, 2.75) is 37.8 Å². The molecule has 16 heavy (non-hydrogen) atoms. The molecule has 7 heteroatoms. The molecular formula is C9H16FN3O2S. The van der Waals surface area contributed by atoms with Gasteiger partial charge in [-0.05, 0) is 6.42 Å². The highest BCUT2D eigenvalue weighted by Crippen LogP contribution is 2.16. The molecule has 1 aromatic rings. The number of hydrogen-bond donors (Lipinski definition) is 1. The topological polar surface area (TPSA) is 78.0 Å². The molecule has 0 amide bonds. The quantitative estimate of drug-likeness (QED) is 0.846. The number of hydrogen-bond acceptors (Lipinski definition) is 3. The molecule has 0 radical (unpaired) electrons. The van der Waals surface area contributed by atoms with Crippen molar-refractivity contribution in [1.29, 1.82) is 0 Å². The van der Waals surface area contributed by atoms with Gasteiger partial charge in [0.1, 0.15) is 5.82 Å². The van der Waals surface area contributed by atoms with E-state index >= 15 is 0 Å². The molecule has 0 bridgehead atoms. The van der Waals surface area contributed by atoms with Crippen molar-refractivity contribution in [2.24, 2.45) is 5.14 Å². The largest absolute Gasteiger partial charge is 0.333 e. The number of imidazole rings is 1. The zero-order valence-electron chi connectivity index (χ0n) is 9.35. The lowest BCUT2D eigenvalue weighted by Gasteiger charge is -2.08. The Kier molecular flexibility index (Phi) is 4.03. The summed E-state index contributed by atoms with van der Waals surface area (Å²) in [5.41, 5.74) is 0. The van der Waals surface area contributed by atoms with Crippen molar-refractivity contribution < 1.29 is 12.8 Å². The average molecular weight is 249 g/mol. The minimum absolute atomic E-state index is 0.0649. The fourth-order valence-electron chi connectivity index (χ4n) is 1.41. The van der Waals surface area contributed by atoms with Crippen LogP contribution in [0.5, 0.6) is 0 Å². The SMILES string of the molecule is CC(C)c1nc(S(N)(=O)=O)cn1CCCF. The molecule has 0 saturated heterocycles. The van der Waals surface area contributed by atoms with Crippen LogP contribution in [0.4, 0.5) is 4.39 Å². The van der Waals surface area contributed by atoms with Gasteiger partial charge < -0.3 is 4.57 Å². The van der Waals surface area contributed by atoms with Gasteiger partial charge in [0.05, 0.1) is 6.67 Å². The third-order valence-corrected chi connectivity index (χ3v) is 2.91. The van der Waals surface area contributed by atoms with Crippen LogP contribution in [0.15, 0.2) is 11.2 Å². The Morgan fingerprint density at radius 2 is 2.19 bits per heavy atom.